The summed E-state index contributed by atoms with van der Waals surface area (Å²) in [5.74, 6) is -1.28. The number of aromatic nitrogens is 5. The highest BCUT2D eigenvalue weighted by molar-refractivity contribution is 7.89. The smallest absolute Gasteiger partial charge is 0.284 e. The lowest BCUT2D eigenvalue weighted by atomic mass is 9.85. The molecule has 0 aliphatic carbocycles. The molecule has 2 N–H and O–H groups in total. The topological polar surface area (TPSA) is 162 Å². The number of nitrogens with zero attached hydrogens (tertiary/aromatic N) is 7. The highest BCUT2D eigenvalue weighted by Gasteiger charge is 2.39. The Morgan fingerprint density at radius 3 is 2.42 bits per heavy atom. The summed E-state index contributed by atoms with van der Waals surface area (Å²) in [4.78, 5) is 26.4. The quantitative estimate of drug-likeness (QED) is 0.465. The van der Waals surface area contributed by atoms with Crippen LogP contribution in [0.5, 0.6) is 0 Å². The second kappa shape index (κ2) is 9.67. The van der Waals surface area contributed by atoms with Gasteiger partial charge in [-0.3, -0.25) is 14.3 Å². The Bertz CT molecular complexity index is 1360. The minimum atomic E-state index is -3.97. The van der Waals surface area contributed by atoms with Gasteiger partial charge in [-0.25, -0.2) is 13.1 Å². The van der Waals surface area contributed by atoms with E-state index in [0.29, 0.717) is 17.3 Å². The average molecular weight is 539 g/mol. The molecule has 1 fully saturated rings. The molecule has 1 aliphatic heterocycles. The predicted molar refractivity (Wildman–Crippen MR) is 127 cm³/mol. The van der Waals surface area contributed by atoms with E-state index < -0.39 is 27.4 Å². The molecule has 4 heterocycles. The molecule has 3 aromatic rings. The first-order valence-electron chi connectivity index (χ1n) is 11.1. The number of carbonyl (C=O) groups is 2. The monoisotopic (exact) mass is 538 g/mol. The van der Waals surface area contributed by atoms with Crippen molar-refractivity contribution in [2.45, 2.75) is 38.5 Å². The largest absolute Gasteiger partial charge is 0.438 e. The summed E-state index contributed by atoms with van der Waals surface area (Å²) in [7, 11) is -3.97. The van der Waals surface area contributed by atoms with Gasteiger partial charge >= 0.3 is 0 Å². The molecule has 2 amide bonds. The molecular weight excluding hydrogens is 512 g/mol. The molecular formula is C21H27ClN8O5S. The molecule has 1 aliphatic rings. The first-order valence-corrected chi connectivity index (χ1v) is 13.0. The maximum atomic E-state index is 13.6. The summed E-state index contributed by atoms with van der Waals surface area (Å²) < 4.78 is 35.3. The van der Waals surface area contributed by atoms with E-state index in [-0.39, 0.29) is 42.9 Å². The normalized spacial score (nSPS) is 16.3. The lowest BCUT2D eigenvalue weighted by molar-refractivity contribution is -0.139. The van der Waals surface area contributed by atoms with Gasteiger partial charge in [-0.1, -0.05) is 37.6 Å². The molecule has 1 unspecified atom stereocenters. The van der Waals surface area contributed by atoms with Crippen LogP contribution in [-0.2, 0) is 21.4 Å². The Balaban J connectivity index is 1.46. The van der Waals surface area contributed by atoms with Gasteiger partial charge in [0.05, 0.1) is 24.0 Å². The third-order valence-corrected chi connectivity index (χ3v) is 7.74. The van der Waals surface area contributed by atoms with Gasteiger partial charge in [0.1, 0.15) is 11.7 Å². The van der Waals surface area contributed by atoms with Crippen LogP contribution in [0.2, 0.25) is 5.02 Å². The number of hydrogen-bond acceptors (Lipinski definition) is 8. The number of sulfonamides is 1. The van der Waals surface area contributed by atoms with Crippen molar-refractivity contribution in [1.82, 2.24) is 34.0 Å². The molecule has 0 saturated carbocycles. The van der Waals surface area contributed by atoms with Crippen molar-refractivity contribution in [2.75, 3.05) is 26.2 Å². The molecule has 1 saturated heterocycles. The fraction of sp³-hybridized carbons (Fsp3) is 0.476. The number of furan rings is 1. The van der Waals surface area contributed by atoms with E-state index in [1.54, 1.807) is 26.7 Å². The summed E-state index contributed by atoms with van der Waals surface area (Å²) in [6.07, 6.45) is 4.89. The number of hydrogen-bond donors (Lipinski definition) is 1. The summed E-state index contributed by atoms with van der Waals surface area (Å²) in [6.45, 7) is 6.64. The first-order chi connectivity index (χ1) is 16.9. The molecule has 4 rings (SSSR count). The Morgan fingerprint density at radius 2 is 1.86 bits per heavy atom. The Labute approximate surface area is 212 Å². The number of nitrogens with two attached hydrogens (primary N) is 1. The minimum Gasteiger partial charge on any atom is -0.438 e. The predicted octanol–water partition coefficient (Wildman–Crippen LogP) is 0.989. The standard InChI is InChI=1S/C21H27ClN8O5S/c1-21(2,3)18(30-13-15(25-26-30)12-28-11-14(22)10-24-28)20(32)27-6-8-29(9-7-27)36(33,34)17-5-4-16(35-17)19(23)31/h4-5,10-11,13,18H,6-9,12H2,1-3H3,(H2,23,31). The van der Waals surface area contributed by atoms with Gasteiger partial charge in [0.25, 0.3) is 15.9 Å². The van der Waals surface area contributed by atoms with Gasteiger partial charge in [-0.2, -0.15) is 9.40 Å². The van der Waals surface area contributed by atoms with Crippen LogP contribution in [0.4, 0.5) is 0 Å². The maximum absolute atomic E-state index is 13.6. The van der Waals surface area contributed by atoms with E-state index in [9.17, 15) is 18.0 Å². The molecule has 0 spiro atoms. The Kier molecular flexibility index (Phi) is 6.94. The number of halogens is 1. The lowest BCUT2D eigenvalue weighted by Gasteiger charge is -2.38. The molecule has 13 nitrogen and oxygen atoms in total. The van der Waals surface area contributed by atoms with Gasteiger partial charge in [-0.15, -0.1) is 5.10 Å². The van der Waals surface area contributed by atoms with E-state index in [0.717, 1.165) is 0 Å². The second-order valence-electron chi connectivity index (χ2n) is 9.53. The summed E-state index contributed by atoms with van der Waals surface area (Å²) in [5.41, 5.74) is 5.26. The van der Waals surface area contributed by atoms with Crippen molar-refractivity contribution < 1.29 is 22.4 Å². The van der Waals surface area contributed by atoms with Crippen molar-refractivity contribution >= 4 is 33.4 Å². The van der Waals surface area contributed by atoms with Crippen LogP contribution in [-0.4, -0.2) is 80.4 Å². The Hall–Kier alpha value is -3.23. The van der Waals surface area contributed by atoms with Crippen LogP contribution in [0.15, 0.2) is 40.2 Å². The van der Waals surface area contributed by atoms with Crippen molar-refractivity contribution in [2.24, 2.45) is 11.1 Å². The zero-order chi connectivity index (χ0) is 26.3. The maximum Gasteiger partial charge on any atom is 0.284 e. The number of rotatable bonds is 7. The number of carbonyl (C=O) groups excluding carboxylic acids is 2. The third kappa shape index (κ3) is 5.29. The van der Waals surface area contributed by atoms with Crippen LogP contribution in [0.1, 0.15) is 43.1 Å². The number of piperazine rings is 1. The van der Waals surface area contributed by atoms with Crippen LogP contribution >= 0.6 is 11.6 Å². The van der Waals surface area contributed by atoms with E-state index in [1.807, 2.05) is 20.8 Å². The van der Waals surface area contributed by atoms with Crippen molar-refractivity contribution in [3.8, 4) is 0 Å². The highest BCUT2D eigenvalue weighted by atomic mass is 35.5. The van der Waals surface area contributed by atoms with Gasteiger partial charge in [0.2, 0.25) is 11.0 Å². The molecule has 3 aromatic heterocycles. The van der Waals surface area contributed by atoms with E-state index >= 15 is 0 Å². The first kappa shape index (κ1) is 25.9. The van der Waals surface area contributed by atoms with Crippen molar-refractivity contribution in [1.29, 1.82) is 0 Å². The average Bonchev–Trinajstić information content (AvgIpc) is 3.55. The molecule has 194 valence electrons. The summed E-state index contributed by atoms with van der Waals surface area (Å²) in [6, 6.07) is 1.75. The molecule has 0 bridgehead atoms. The van der Waals surface area contributed by atoms with Gasteiger partial charge < -0.3 is 15.1 Å². The zero-order valence-electron chi connectivity index (χ0n) is 20.0. The van der Waals surface area contributed by atoms with Crippen LogP contribution < -0.4 is 5.73 Å². The van der Waals surface area contributed by atoms with Crippen LogP contribution in [0.3, 0.4) is 0 Å². The third-order valence-electron chi connectivity index (χ3n) is 5.77. The van der Waals surface area contributed by atoms with Gasteiger partial charge in [-0.05, 0) is 17.5 Å². The SMILES string of the molecule is CC(C)(C)C(C(=O)N1CCN(S(=O)(=O)c2ccc(C(N)=O)o2)CC1)n1cc(Cn2cc(Cl)cn2)nn1. The summed E-state index contributed by atoms with van der Waals surface area (Å²) >= 11 is 5.92. The fourth-order valence-electron chi connectivity index (χ4n) is 4.02. The minimum absolute atomic E-state index is 0.0696. The van der Waals surface area contributed by atoms with Crippen molar-refractivity contribution in [3.63, 3.8) is 0 Å². The fourth-order valence-corrected chi connectivity index (χ4v) is 5.51. The molecule has 0 aromatic carbocycles. The van der Waals surface area contributed by atoms with E-state index in [4.69, 9.17) is 21.8 Å². The molecule has 1 atom stereocenters. The van der Waals surface area contributed by atoms with Crippen LogP contribution in [0, 0.1) is 5.41 Å². The second-order valence-corrected chi connectivity index (χ2v) is 11.8. The van der Waals surface area contributed by atoms with Crippen molar-refractivity contribution in [3.05, 3.63) is 47.2 Å². The zero-order valence-corrected chi connectivity index (χ0v) is 21.6. The van der Waals surface area contributed by atoms with Crippen LogP contribution in [0.25, 0.3) is 0 Å². The summed E-state index contributed by atoms with van der Waals surface area (Å²) in [5, 5.41) is 12.7. The van der Waals surface area contributed by atoms with E-state index in [1.165, 1.54) is 22.6 Å². The number of amides is 2. The molecule has 36 heavy (non-hydrogen) atoms. The molecule has 15 heteroatoms. The highest BCUT2D eigenvalue weighted by Crippen LogP contribution is 2.32. The van der Waals surface area contributed by atoms with Gasteiger partial charge in [0.15, 0.2) is 5.76 Å². The van der Waals surface area contributed by atoms with Gasteiger partial charge in [0, 0.05) is 32.4 Å². The Morgan fingerprint density at radius 1 is 1.17 bits per heavy atom. The molecule has 0 radical (unpaired) electrons. The van der Waals surface area contributed by atoms with E-state index in [2.05, 4.69) is 15.4 Å². The number of primary amides is 1. The lowest BCUT2D eigenvalue weighted by Crippen LogP contribution is -2.53.